The summed E-state index contributed by atoms with van der Waals surface area (Å²) in [6.07, 6.45) is 0.812. The zero-order valence-corrected chi connectivity index (χ0v) is 11.9. The molecule has 1 heterocycles. The van der Waals surface area contributed by atoms with Gasteiger partial charge in [-0.2, -0.15) is 0 Å². The molecule has 21 heavy (non-hydrogen) atoms. The zero-order chi connectivity index (χ0) is 14.8. The molecule has 0 amide bonds. The van der Waals surface area contributed by atoms with Crippen LogP contribution in [0.15, 0.2) is 42.5 Å². The number of carboxylic acid groups (broad SMARTS) is 1. The van der Waals surface area contributed by atoms with Gasteiger partial charge in [-0.3, -0.25) is 0 Å². The summed E-state index contributed by atoms with van der Waals surface area (Å²) < 4.78 is 5.44. The van der Waals surface area contributed by atoms with Crippen LogP contribution < -0.4 is 10.1 Å². The fourth-order valence-electron chi connectivity index (χ4n) is 2.42. The van der Waals surface area contributed by atoms with Crippen LogP contribution in [0, 0.1) is 0 Å². The number of benzene rings is 2. The third-order valence-electron chi connectivity index (χ3n) is 3.43. The van der Waals surface area contributed by atoms with E-state index in [1.165, 1.54) is 0 Å². The molecule has 3 rings (SSSR count). The maximum absolute atomic E-state index is 11.6. The first kappa shape index (κ1) is 13.8. The van der Waals surface area contributed by atoms with Crippen molar-refractivity contribution in [3.8, 4) is 5.75 Å². The standard InChI is InChI=1S/C16H14ClNO3/c17-12-2-1-3-13(9-12)18-15(16(19)20)11-4-5-14-10(8-11)6-7-21-14/h1-5,8-9,15,18H,6-7H2,(H,19,20). The molecule has 108 valence electrons. The molecule has 0 radical (unpaired) electrons. The third-order valence-corrected chi connectivity index (χ3v) is 3.66. The molecule has 1 aliphatic heterocycles. The molecule has 4 nitrogen and oxygen atoms in total. The van der Waals surface area contributed by atoms with Gasteiger partial charge >= 0.3 is 5.97 Å². The number of carboxylic acids is 1. The van der Waals surface area contributed by atoms with Crippen LogP contribution in [0.4, 0.5) is 5.69 Å². The van der Waals surface area contributed by atoms with Crippen LogP contribution >= 0.6 is 11.6 Å². The Labute approximate surface area is 127 Å². The summed E-state index contributed by atoms with van der Waals surface area (Å²) >= 11 is 5.93. The number of ether oxygens (including phenoxy) is 1. The van der Waals surface area contributed by atoms with Crippen molar-refractivity contribution in [1.82, 2.24) is 0 Å². The van der Waals surface area contributed by atoms with Crippen molar-refractivity contribution in [1.29, 1.82) is 0 Å². The van der Waals surface area contributed by atoms with E-state index in [-0.39, 0.29) is 0 Å². The number of hydrogen-bond donors (Lipinski definition) is 2. The van der Waals surface area contributed by atoms with Gasteiger partial charge in [-0.05, 0) is 41.5 Å². The van der Waals surface area contributed by atoms with Crippen molar-refractivity contribution in [3.05, 3.63) is 58.6 Å². The molecule has 0 aromatic heterocycles. The summed E-state index contributed by atoms with van der Waals surface area (Å²) in [4.78, 5) is 11.6. The van der Waals surface area contributed by atoms with E-state index in [2.05, 4.69) is 5.32 Å². The molecule has 5 heteroatoms. The van der Waals surface area contributed by atoms with E-state index in [9.17, 15) is 9.90 Å². The fourth-order valence-corrected chi connectivity index (χ4v) is 2.61. The topological polar surface area (TPSA) is 58.6 Å². The third kappa shape index (κ3) is 2.95. The maximum atomic E-state index is 11.6. The van der Waals surface area contributed by atoms with Crippen LogP contribution in [0.25, 0.3) is 0 Å². The summed E-state index contributed by atoms with van der Waals surface area (Å²) in [7, 11) is 0. The van der Waals surface area contributed by atoms with E-state index in [1.54, 1.807) is 30.3 Å². The minimum Gasteiger partial charge on any atom is -0.493 e. The number of nitrogens with one attached hydrogen (secondary N) is 1. The van der Waals surface area contributed by atoms with Crippen LogP contribution in [0.1, 0.15) is 17.2 Å². The van der Waals surface area contributed by atoms with Crippen molar-refractivity contribution in [2.45, 2.75) is 12.5 Å². The molecule has 0 bridgehead atoms. The lowest BCUT2D eigenvalue weighted by atomic mass is 10.0. The molecule has 1 atom stereocenters. The molecule has 0 saturated heterocycles. The molecule has 0 spiro atoms. The Balaban J connectivity index is 1.89. The summed E-state index contributed by atoms with van der Waals surface area (Å²) in [5.74, 6) is -0.0977. The van der Waals surface area contributed by atoms with Gasteiger partial charge < -0.3 is 15.2 Å². The van der Waals surface area contributed by atoms with Crippen molar-refractivity contribution < 1.29 is 14.6 Å². The predicted molar refractivity (Wildman–Crippen MR) is 81.1 cm³/mol. The Morgan fingerprint density at radius 1 is 1.29 bits per heavy atom. The summed E-state index contributed by atoms with van der Waals surface area (Å²) in [6, 6.07) is 11.7. The van der Waals surface area contributed by atoms with Gasteiger partial charge in [-0.25, -0.2) is 4.79 Å². The molecule has 0 saturated carbocycles. The maximum Gasteiger partial charge on any atom is 0.330 e. The van der Waals surface area contributed by atoms with E-state index >= 15 is 0 Å². The van der Waals surface area contributed by atoms with Crippen molar-refractivity contribution >= 4 is 23.3 Å². The molecule has 1 unspecified atom stereocenters. The highest BCUT2D eigenvalue weighted by Crippen LogP contribution is 2.30. The second-order valence-corrected chi connectivity index (χ2v) is 5.33. The van der Waals surface area contributed by atoms with E-state index in [4.69, 9.17) is 16.3 Å². The molecule has 1 aliphatic rings. The van der Waals surface area contributed by atoms with Gasteiger partial charge in [0.1, 0.15) is 5.75 Å². The van der Waals surface area contributed by atoms with Crippen LogP contribution in [0.5, 0.6) is 5.75 Å². The second-order valence-electron chi connectivity index (χ2n) is 4.89. The lowest BCUT2D eigenvalue weighted by molar-refractivity contribution is -0.138. The molecule has 2 N–H and O–H groups in total. The first-order chi connectivity index (χ1) is 10.1. The van der Waals surface area contributed by atoms with Crippen molar-refractivity contribution in [3.63, 3.8) is 0 Å². The lowest BCUT2D eigenvalue weighted by Crippen LogP contribution is -2.20. The Kier molecular flexibility index (Phi) is 3.71. The smallest absolute Gasteiger partial charge is 0.330 e. The first-order valence-electron chi connectivity index (χ1n) is 6.64. The van der Waals surface area contributed by atoms with Crippen LogP contribution in [-0.2, 0) is 11.2 Å². The Morgan fingerprint density at radius 3 is 2.90 bits per heavy atom. The Morgan fingerprint density at radius 2 is 2.14 bits per heavy atom. The minimum absolute atomic E-state index is 0.562. The second kappa shape index (κ2) is 5.66. The largest absolute Gasteiger partial charge is 0.493 e. The van der Waals surface area contributed by atoms with Crippen molar-refractivity contribution in [2.75, 3.05) is 11.9 Å². The van der Waals surface area contributed by atoms with Crippen LogP contribution in [0.3, 0.4) is 0 Å². The normalized spacial score (nSPS) is 14.1. The number of halogens is 1. The number of aliphatic carboxylic acids is 1. The van der Waals surface area contributed by atoms with E-state index in [0.717, 1.165) is 17.7 Å². The average Bonchev–Trinajstić information content (AvgIpc) is 2.92. The molecular weight excluding hydrogens is 290 g/mol. The van der Waals surface area contributed by atoms with Gasteiger partial charge in [0.25, 0.3) is 0 Å². The minimum atomic E-state index is -0.936. The average molecular weight is 304 g/mol. The summed E-state index contributed by atoms with van der Waals surface area (Å²) in [5, 5.41) is 13.0. The first-order valence-corrected chi connectivity index (χ1v) is 7.02. The molecule has 0 aliphatic carbocycles. The van der Waals surface area contributed by atoms with Gasteiger partial charge in [0.05, 0.1) is 6.61 Å². The predicted octanol–water partition coefficient (Wildman–Crippen LogP) is 3.51. The van der Waals surface area contributed by atoms with Crippen molar-refractivity contribution in [2.24, 2.45) is 0 Å². The van der Waals surface area contributed by atoms with Crippen LogP contribution in [0.2, 0.25) is 5.02 Å². The van der Waals surface area contributed by atoms with Gasteiger partial charge in [-0.15, -0.1) is 0 Å². The number of fused-ring (bicyclic) bond motifs is 1. The molecule has 2 aromatic rings. The highest BCUT2D eigenvalue weighted by Gasteiger charge is 2.22. The van der Waals surface area contributed by atoms with Gasteiger partial charge in [-0.1, -0.05) is 23.7 Å². The highest BCUT2D eigenvalue weighted by atomic mass is 35.5. The SMILES string of the molecule is O=C(O)C(Nc1cccc(Cl)c1)c1ccc2c(c1)CCO2. The van der Waals surface area contributed by atoms with E-state index in [0.29, 0.717) is 22.9 Å². The fraction of sp³-hybridized carbons (Fsp3) is 0.188. The Hall–Kier alpha value is -2.20. The molecule has 0 fully saturated rings. The highest BCUT2D eigenvalue weighted by molar-refractivity contribution is 6.30. The number of carbonyl (C=O) groups is 1. The lowest BCUT2D eigenvalue weighted by Gasteiger charge is -2.17. The van der Waals surface area contributed by atoms with E-state index in [1.807, 2.05) is 12.1 Å². The van der Waals surface area contributed by atoms with E-state index < -0.39 is 12.0 Å². The number of hydrogen-bond acceptors (Lipinski definition) is 3. The molecule has 2 aromatic carbocycles. The quantitative estimate of drug-likeness (QED) is 0.907. The zero-order valence-electron chi connectivity index (χ0n) is 11.2. The monoisotopic (exact) mass is 303 g/mol. The summed E-state index contributed by atoms with van der Waals surface area (Å²) in [5.41, 5.74) is 2.42. The molecular formula is C16H14ClNO3. The Bertz CT molecular complexity index is 687. The number of anilines is 1. The van der Waals surface area contributed by atoms with Gasteiger partial charge in [0, 0.05) is 17.1 Å². The van der Waals surface area contributed by atoms with Gasteiger partial charge in [0.15, 0.2) is 6.04 Å². The number of rotatable bonds is 4. The summed E-state index contributed by atoms with van der Waals surface area (Å²) in [6.45, 7) is 0.651. The van der Waals surface area contributed by atoms with Crippen LogP contribution in [-0.4, -0.2) is 17.7 Å². The van der Waals surface area contributed by atoms with Gasteiger partial charge in [0.2, 0.25) is 0 Å².